The molecule has 1 amide bonds. The second-order valence-corrected chi connectivity index (χ2v) is 6.09. The van der Waals surface area contributed by atoms with Gasteiger partial charge in [0.1, 0.15) is 5.51 Å². The lowest BCUT2D eigenvalue weighted by molar-refractivity contribution is -0.139. The molecule has 1 unspecified atom stereocenters. The van der Waals surface area contributed by atoms with E-state index in [1.807, 2.05) is 60.7 Å². The number of carbonyl (C=O) groups is 1. The maximum Gasteiger partial charge on any atom is 0.263 e. The van der Waals surface area contributed by atoms with Crippen LogP contribution in [0.25, 0.3) is 0 Å². The minimum absolute atomic E-state index is 0.267. The Kier molecular flexibility index (Phi) is 4.98. The van der Waals surface area contributed by atoms with Crippen molar-refractivity contribution in [3.63, 3.8) is 0 Å². The normalized spacial score (nSPS) is 13.2. The van der Waals surface area contributed by atoms with E-state index in [1.54, 1.807) is 12.6 Å². The molecule has 2 aromatic carbocycles. The standard InChI is InChI=1S/C18H17N3O2S/c1-23-18(15-10-6-3-7-11-15,12-14-8-4-2-5-9-14)16(22)20-17-21-19-13-24-17/h2-11,13H,12H2,1H3,(H,20,21,22). The fourth-order valence-corrected chi connectivity index (χ4v) is 3.05. The number of hydrogen-bond acceptors (Lipinski definition) is 5. The molecule has 0 radical (unpaired) electrons. The van der Waals surface area contributed by atoms with Crippen LogP contribution in [0.3, 0.4) is 0 Å². The van der Waals surface area contributed by atoms with Crippen LogP contribution >= 0.6 is 11.3 Å². The van der Waals surface area contributed by atoms with Crippen LogP contribution in [0.4, 0.5) is 5.13 Å². The summed E-state index contributed by atoms with van der Waals surface area (Å²) in [5, 5.41) is 10.9. The van der Waals surface area contributed by atoms with Crippen molar-refractivity contribution in [1.29, 1.82) is 0 Å². The summed E-state index contributed by atoms with van der Waals surface area (Å²) in [6, 6.07) is 19.3. The Morgan fingerprint density at radius 1 is 1.12 bits per heavy atom. The van der Waals surface area contributed by atoms with Gasteiger partial charge in [-0.05, 0) is 11.1 Å². The number of methoxy groups -OCH3 is 1. The predicted molar refractivity (Wildman–Crippen MR) is 93.8 cm³/mol. The lowest BCUT2D eigenvalue weighted by Gasteiger charge is -2.31. The molecular formula is C18H17N3O2S. The fourth-order valence-electron chi connectivity index (χ4n) is 2.61. The van der Waals surface area contributed by atoms with Gasteiger partial charge < -0.3 is 4.74 Å². The number of carbonyl (C=O) groups excluding carboxylic acids is 1. The molecule has 0 spiro atoms. The van der Waals surface area contributed by atoms with E-state index >= 15 is 0 Å². The molecule has 3 aromatic rings. The quantitative estimate of drug-likeness (QED) is 0.749. The Balaban J connectivity index is 2.00. The molecule has 3 rings (SSSR count). The molecule has 0 aliphatic carbocycles. The van der Waals surface area contributed by atoms with Crippen LogP contribution in [0.1, 0.15) is 11.1 Å². The molecule has 6 heteroatoms. The Morgan fingerprint density at radius 3 is 2.38 bits per heavy atom. The number of ether oxygens (including phenoxy) is 1. The van der Waals surface area contributed by atoms with Crippen molar-refractivity contribution in [2.45, 2.75) is 12.0 Å². The van der Waals surface area contributed by atoms with Gasteiger partial charge in [-0.3, -0.25) is 10.1 Å². The number of benzene rings is 2. The van der Waals surface area contributed by atoms with Gasteiger partial charge >= 0.3 is 0 Å². The average molecular weight is 339 g/mol. The third-order valence-corrected chi connectivity index (χ3v) is 4.44. The molecule has 24 heavy (non-hydrogen) atoms. The van der Waals surface area contributed by atoms with Gasteiger partial charge in [0, 0.05) is 13.5 Å². The molecule has 0 aliphatic rings. The summed E-state index contributed by atoms with van der Waals surface area (Å²) in [5.41, 5.74) is 2.23. The van der Waals surface area contributed by atoms with Crippen molar-refractivity contribution in [3.05, 3.63) is 77.3 Å². The summed E-state index contributed by atoms with van der Waals surface area (Å²) in [4.78, 5) is 13.1. The van der Waals surface area contributed by atoms with Crippen LogP contribution in [-0.2, 0) is 21.6 Å². The van der Waals surface area contributed by atoms with Crippen molar-refractivity contribution in [3.8, 4) is 0 Å². The highest BCUT2D eigenvalue weighted by Crippen LogP contribution is 2.31. The monoisotopic (exact) mass is 339 g/mol. The highest BCUT2D eigenvalue weighted by atomic mass is 32.1. The predicted octanol–water partition coefficient (Wildman–Crippen LogP) is 3.26. The summed E-state index contributed by atoms with van der Waals surface area (Å²) in [7, 11) is 1.55. The third-order valence-electron chi connectivity index (χ3n) is 3.83. The molecule has 5 nitrogen and oxygen atoms in total. The maximum absolute atomic E-state index is 13.1. The number of rotatable bonds is 6. The topological polar surface area (TPSA) is 64.1 Å². The van der Waals surface area contributed by atoms with Gasteiger partial charge in [0.05, 0.1) is 0 Å². The Hall–Kier alpha value is -2.57. The molecule has 122 valence electrons. The summed E-state index contributed by atoms with van der Waals surface area (Å²) < 4.78 is 5.78. The molecule has 1 N–H and O–H groups in total. The molecular weight excluding hydrogens is 322 g/mol. The van der Waals surface area contributed by atoms with Crippen LogP contribution in [0, 0.1) is 0 Å². The van der Waals surface area contributed by atoms with Gasteiger partial charge in [-0.25, -0.2) is 0 Å². The van der Waals surface area contributed by atoms with Crippen LogP contribution in [0.5, 0.6) is 0 Å². The van der Waals surface area contributed by atoms with E-state index in [1.165, 1.54) is 11.3 Å². The Labute approximate surface area is 144 Å². The van der Waals surface area contributed by atoms with Crippen molar-refractivity contribution >= 4 is 22.4 Å². The Bertz CT molecular complexity index is 779. The largest absolute Gasteiger partial charge is 0.363 e. The highest BCUT2D eigenvalue weighted by Gasteiger charge is 2.41. The molecule has 0 saturated heterocycles. The first-order valence-corrected chi connectivity index (χ1v) is 8.35. The SMILES string of the molecule is COC(Cc1ccccc1)(C(=O)Nc1nncs1)c1ccccc1. The van der Waals surface area contributed by atoms with Gasteiger partial charge in [-0.15, -0.1) is 10.2 Å². The number of hydrogen-bond donors (Lipinski definition) is 1. The van der Waals surface area contributed by atoms with Crippen LogP contribution in [0.2, 0.25) is 0 Å². The van der Waals surface area contributed by atoms with E-state index < -0.39 is 5.60 Å². The van der Waals surface area contributed by atoms with E-state index in [0.29, 0.717) is 11.6 Å². The molecule has 1 atom stereocenters. The number of nitrogens with zero attached hydrogens (tertiary/aromatic N) is 2. The second-order valence-electron chi connectivity index (χ2n) is 5.26. The van der Waals surface area contributed by atoms with E-state index in [0.717, 1.165) is 11.1 Å². The van der Waals surface area contributed by atoms with Crippen LogP contribution in [-0.4, -0.2) is 23.2 Å². The first kappa shape index (κ1) is 16.3. The van der Waals surface area contributed by atoms with Crippen LogP contribution < -0.4 is 5.32 Å². The third kappa shape index (κ3) is 3.34. The van der Waals surface area contributed by atoms with Gasteiger partial charge in [0.15, 0.2) is 5.60 Å². The van der Waals surface area contributed by atoms with E-state index in [4.69, 9.17) is 4.74 Å². The summed E-state index contributed by atoms with van der Waals surface area (Å²) in [5.74, 6) is -0.267. The van der Waals surface area contributed by atoms with Crippen molar-refractivity contribution in [1.82, 2.24) is 10.2 Å². The zero-order valence-electron chi connectivity index (χ0n) is 13.2. The van der Waals surface area contributed by atoms with Gasteiger partial charge in [0.2, 0.25) is 5.13 Å². The smallest absolute Gasteiger partial charge is 0.263 e. The zero-order chi connectivity index (χ0) is 16.8. The lowest BCUT2D eigenvalue weighted by Crippen LogP contribution is -2.44. The van der Waals surface area contributed by atoms with Crippen molar-refractivity contribution in [2.75, 3.05) is 12.4 Å². The molecule has 0 aliphatic heterocycles. The van der Waals surface area contributed by atoms with Gasteiger partial charge in [-0.2, -0.15) is 0 Å². The number of anilines is 1. The number of aromatic nitrogens is 2. The summed E-state index contributed by atoms with van der Waals surface area (Å²) >= 11 is 1.27. The first-order valence-electron chi connectivity index (χ1n) is 7.47. The average Bonchev–Trinajstić information content (AvgIpc) is 3.14. The van der Waals surface area contributed by atoms with Gasteiger partial charge in [0.25, 0.3) is 5.91 Å². The first-order chi connectivity index (χ1) is 11.7. The number of nitrogens with one attached hydrogen (secondary N) is 1. The van der Waals surface area contributed by atoms with E-state index in [9.17, 15) is 4.79 Å². The molecule has 0 fully saturated rings. The van der Waals surface area contributed by atoms with Crippen molar-refractivity contribution in [2.24, 2.45) is 0 Å². The zero-order valence-corrected chi connectivity index (χ0v) is 14.0. The van der Waals surface area contributed by atoms with Gasteiger partial charge in [-0.1, -0.05) is 72.0 Å². The maximum atomic E-state index is 13.1. The minimum Gasteiger partial charge on any atom is -0.363 e. The summed E-state index contributed by atoms with van der Waals surface area (Å²) in [6.45, 7) is 0. The Morgan fingerprint density at radius 2 is 1.79 bits per heavy atom. The van der Waals surface area contributed by atoms with E-state index in [-0.39, 0.29) is 5.91 Å². The van der Waals surface area contributed by atoms with E-state index in [2.05, 4.69) is 15.5 Å². The second kappa shape index (κ2) is 7.33. The molecule has 1 aromatic heterocycles. The van der Waals surface area contributed by atoms with Crippen LogP contribution in [0.15, 0.2) is 66.2 Å². The molecule has 0 bridgehead atoms. The molecule has 1 heterocycles. The highest BCUT2D eigenvalue weighted by molar-refractivity contribution is 7.13. The molecule has 0 saturated carbocycles. The summed E-state index contributed by atoms with van der Waals surface area (Å²) in [6.07, 6.45) is 0.416. The minimum atomic E-state index is -1.14. The lowest BCUT2D eigenvalue weighted by atomic mass is 9.86. The van der Waals surface area contributed by atoms with Crippen molar-refractivity contribution < 1.29 is 9.53 Å². The fraction of sp³-hybridized carbons (Fsp3) is 0.167. The number of amides is 1.